The molecule has 13 heavy (non-hydrogen) atoms. The zero-order valence-corrected chi connectivity index (χ0v) is 6.47. The summed E-state index contributed by atoms with van der Waals surface area (Å²) in [7, 11) is 0. The molecule has 0 bridgehead atoms. The minimum atomic E-state index is -0.584. The van der Waals surface area contributed by atoms with Crippen LogP contribution in [0.3, 0.4) is 0 Å². The summed E-state index contributed by atoms with van der Waals surface area (Å²) in [6.45, 7) is 0. The van der Waals surface area contributed by atoms with Crippen LogP contribution in [0.15, 0.2) is 21.7 Å². The second-order valence-corrected chi connectivity index (χ2v) is 2.69. The Labute approximate surface area is 70.7 Å². The van der Waals surface area contributed by atoms with E-state index in [0.29, 0.717) is 0 Å². The zero-order chi connectivity index (χ0) is 9.59. The van der Waals surface area contributed by atoms with Crippen molar-refractivity contribution in [2.45, 2.75) is 0 Å². The van der Waals surface area contributed by atoms with Crippen molar-refractivity contribution in [3.8, 4) is 0 Å². The molecule has 0 spiro atoms. The number of H-pyrrole nitrogens is 1. The van der Waals surface area contributed by atoms with Crippen molar-refractivity contribution in [3.63, 3.8) is 0 Å². The molecule has 3 N–H and O–H groups in total. The number of rotatable bonds is 0. The van der Waals surface area contributed by atoms with Gasteiger partial charge in [0.15, 0.2) is 0 Å². The van der Waals surface area contributed by atoms with Crippen LogP contribution >= 0.6 is 0 Å². The Kier molecular flexibility index (Phi) is 1.30. The molecule has 0 aromatic rings. The van der Waals surface area contributed by atoms with Crippen molar-refractivity contribution in [1.82, 2.24) is 4.98 Å². The molecule has 64 valence electrons. The van der Waals surface area contributed by atoms with Gasteiger partial charge in [0.05, 0.1) is 21.2 Å². The van der Waals surface area contributed by atoms with Crippen molar-refractivity contribution < 1.29 is 0 Å². The van der Waals surface area contributed by atoms with Crippen molar-refractivity contribution in [2.24, 2.45) is 0 Å². The summed E-state index contributed by atoms with van der Waals surface area (Å²) >= 11 is 0. The topological polar surface area (TPSA) is 97.6 Å². The summed E-state index contributed by atoms with van der Waals surface area (Å²) < 4.78 is 0. The molecule has 0 unspecified atom stereocenters. The Hall–Kier alpha value is -2.04. The lowest BCUT2D eigenvalue weighted by molar-refractivity contribution is 1.10. The number of aromatic nitrogens is 1. The van der Waals surface area contributed by atoms with E-state index < -0.39 is 11.1 Å². The number of hydrogen-bond acceptors (Lipinski definition) is 4. The van der Waals surface area contributed by atoms with E-state index in [0.717, 1.165) is 0 Å². The van der Waals surface area contributed by atoms with Gasteiger partial charge in [-0.1, -0.05) is 0 Å². The molecule has 2 rings (SSSR count). The monoisotopic (exact) mass is 175 g/mol. The van der Waals surface area contributed by atoms with E-state index in [4.69, 9.17) is 10.8 Å². The second-order valence-electron chi connectivity index (χ2n) is 2.69. The first-order valence-corrected chi connectivity index (χ1v) is 3.57. The molecular formula is C8H5N3O2. The van der Waals surface area contributed by atoms with E-state index in [1.165, 1.54) is 12.1 Å². The highest BCUT2D eigenvalue weighted by Gasteiger charge is 2.02. The Morgan fingerprint density at radius 3 is 2.46 bits per heavy atom. The van der Waals surface area contributed by atoms with Crippen molar-refractivity contribution >= 4 is 0 Å². The van der Waals surface area contributed by atoms with Gasteiger partial charge in [-0.05, 0) is 12.1 Å². The van der Waals surface area contributed by atoms with Crippen LogP contribution in [-0.4, -0.2) is 4.98 Å². The van der Waals surface area contributed by atoms with Gasteiger partial charge in [0, 0.05) is 0 Å². The summed E-state index contributed by atoms with van der Waals surface area (Å²) in [4.78, 5) is 24.2. The fraction of sp³-hybridized carbons (Fsp3) is 0. The number of nitrogens with one attached hydrogen (secondary N) is 3. The highest BCUT2D eigenvalue weighted by Crippen LogP contribution is 1.76. The summed E-state index contributed by atoms with van der Waals surface area (Å²) in [5.41, 5.74) is -1.08. The minimum Gasteiger partial charge on any atom is -0.299 e. The first-order chi connectivity index (χ1) is 6.11. The third-order valence-electron chi connectivity index (χ3n) is 1.90. The number of hydrogen-bond donors (Lipinski definition) is 3. The van der Waals surface area contributed by atoms with E-state index in [1.807, 2.05) is 0 Å². The average Bonchev–Trinajstić information content (AvgIpc) is 2.35. The molecule has 5 heteroatoms. The van der Waals surface area contributed by atoms with Crippen LogP contribution < -0.4 is 21.8 Å². The van der Waals surface area contributed by atoms with Gasteiger partial charge in [-0.2, -0.15) is 0 Å². The smallest absolute Gasteiger partial charge is 0.261 e. The fourth-order valence-electron chi connectivity index (χ4n) is 1.26. The molecule has 2 aliphatic rings. The van der Waals surface area contributed by atoms with Gasteiger partial charge in [0.2, 0.25) is 0 Å². The molecule has 0 atom stereocenters. The third kappa shape index (κ3) is 0.868. The van der Waals surface area contributed by atoms with Crippen LogP contribution in [0.1, 0.15) is 0 Å². The van der Waals surface area contributed by atoms with E-state index in [-0.39, 0.29) is 21.2 Å². The van der Waals surface area contributed by atoms with Crippen LogP contribution in [0.4, 0.5) is 0 Å². The summed E-state index contributed by atoms with van der Waals surface area (Å²) in [5.74, 6) is 0. The van der Waals surface area contributed by atoms with E-state index >= 15 is 0 Å². The molecular weight excluding hydrogens is 170 g/mol. The lowest BCUT2D eigenvalue weighted by atomic mass is 10.2. The van der Waals surface area contributed by atoms with Crippen LogP contribution in [0, 0.1) is 21.3 Å². The standard InChI is InChI=1S/C8H5N3O2/c9-4-2-1-3-5(6(4)10)8(13)11-7(3)12/h1-2,9-10H,(H,11,12,13). The normalized spacial score (nSPS) is 10.8. The highest BCUT2D eigenvalue weighted by molar-refractivity contribution is 5.10. The van der Waals surface area contributed by atoms with Crippen molar-refractivity contribution in [1.29, 1.82) is 10.8 Å². The molecule has 1 aliphatic carbocycles. The van der Waals surface area contributed by atoms with Gasteiger partial charge >= 0.3 is 0 Å². The Morgan fingerprint density at radius 2 is 1.77 bits per heavy atom. The van der Waals surface area contributed by atoms with Crippen LogP contribution in [0.2, 0.25) is 0 Å². The maximum atomic E-state index is 11.1. The highest BCUT2D eigenvalue weighted by atomic mass is 16.2. The fourth-order valence-corrected chi connectivity index (χ4v) is 1.26. The minimum absolute atomic E-state index is 0.0116. The Morgan fingerprint density at radius 1 is 1.08 bits per heavy atom. The van der Waals surface area contributed by atoms with Gasteiger partial charge in [-0.25, -0.2) is 0 Å². The molecule has 0 aromatic heterocycles. The maximum absolute atomic E-state index is 11.1. The van der Waals surface area contributed by atoms with Gasteiger partial charge in [0.25, 0.3) is 11.1 Å². The van der Waals surface area contributed by atoms with Gasteiger partial charge in [-0.3, -0.25) is 25.4 Å². The maximum Gasteiger partial charge on any atom is 0.261 e. The number of aromatic amines is 1. The van der Waals surface area contributed by atoms with Crippen molar-refractivity contribution in [3.05, 3.63) is 54.0 Å². The molecule has 0 saturated carbocycles. The first-order valence-electron chi connectivity index (χ1n) is 3.57. The van der Waals surface area contributed by atoms with Gasteiger partial charge in [-0.15, -0.1) is 0 Å². The molecule has 0 fully saturated rings. The molecule has 0 aromatic carbocycles. The molecule has 0 amide bonds. The molecule has 0 saturated heterocycles. The second kappa shape index (κ2) is 2.22. The lowest BCUT2D eigenvalue weighted by Gasteiger charge is -1.80. The van der Waals surface area contributed by atoms with Crippen LogP contribution in [-0.2, 0) is 0 Å². The third-order valence-corrected chi connectivity index (χ3v) is 1.90. The molecule has 1 aliphatic heterocycles. The van der Waals surface area contributed by atoms with E-state index in [2.05, 4.69) is 4.98 Å². The van der Waals surface area contributed by atoms with Gasteiger partial charge < -0.3 is 0 Å². The van der Waals surface area contributed by atoms with E-state index in [9.17, 15) is 9.59 Å². The summed E-state index contributed by atoms with van der Waals surface area (Å²) in [5, 5.41) is 14.6. The first kappa shape index (κ1) is 7.60. The lowest BCUT2D eigenvalue weighted by Crippen LogP contribution is -2.27. The van der Waals surface area contributed by atoms with Gasteiger partial charge in [0.1, 0.15) is 0 Å². The van der Waals surface area contributed by atoms with Crippen LogP contribution in [0.25, 0.3) is 0 Å². The Balaban J connectivity index is 3.50. The molecule has 1 heterocycles. The molecule has 5 nitrogen and oxygen atoms in total. The van der Waals surface area contributed by atoms with E-state index in [1.54, 1.807) is 0 Å². The predicted octanol–water partition coefficient (Wildman–Crippen LogP) is -1.71. The SMILES string of the molecule is N=c1ccc2c(=O)[nH]c(=O)c=2c1=N. The predicted molar refractivity (Wildman–Crippen MR) is 42.7 cm³/mol. The quantitative estimate of drug-likeness (QED) is 0.444. The summed E-state index contributed by atoms with van der Waals surface area (Å²) in [6.07, 6.45) is 0. The largest absolute Gasteiger partial charge is 0.299 e. The Bertz CT molecular complexity index is 719. The van der Waals surface area contributed by atoms with Crippen LogP contribution in [0.5, 0.6) is 0 Å². The summed E-state index contributed by atoms with van der Waals surface area (Å²) in [6, 6.07) is 2.72. The zero-order valence-electron chi connectivity index (χ0n) is 6.47. The average molecular weight is 175 g/mol. The molecule has 0 radical (unpaired) electrons. The van der Waals surface area contributed by atoms with Crippen molar-refractivity contribution in [2.75, 3.05) is 0 Å².